The molecule has 2 unspecified atom stereocenters. The van der Waals surface area contributed by atoms with Crippen LogP contribution in [-0.2, 0) is 9.53 Å². The molecule has 116 valence electrons. The normalized spacial score (nSPS) is 13.1. The van der Waals surface area contributed by atoms with E-state index in [1.807, 2.05) is 13.8 Å². The first-order valence-corrected chi connectivity index (χ1v) is 6.76. The van der Waals surface area contributed by atoms with Crippen LogP contribution in [0.2, 0.25) is 0 Å². The number of nitrogen functional groups attached to an aromatic ring is 1. The van der Waals surface area contributed by atoms with Crippen LogP contribution in [-0.4, -0.2) is 32.1 Å². The van der Waals surface area contributed by atoms with E-state index < -0.39 is 17.9 Å². The van der Waals surface area contributed by atoms with Gasteiger partial charge in [0.25, 0.3) is 5.91 Å². The summed E-state index contributed by atoms with van der Waals surface area (Å²) in [6.07, 6.45) is 0.734. The fourth-order valence-electron chi connectivity index (χ4n) is 1.89. The van der Waals surface area contributed by atoms with Crippen LogP contribution in [0.5, 0.6) is 5.75 Å². The van der Waals surface area contributed by atoms with Gasteiger partial charge in [0, 0.05) is 11.8 Å². The summed E-state index contributed by atoms with van der Waals surface area (Å²) in [4.78, 5) is 24.1. The average molecular weight is 294 g/mol. The van der Waals surface area contributed by atoms with E-state index in [0.29, 0.717) is 17.0 Å². The van der Waals surface area contributed by atoms with Crippen LogP contribution < -0.4 is 15.8 Å². The number of esters is 1. The number of hydrogen-bond donors (Lipinski definition) is 2. The van der Waals surface area contributed by atoms with Gasteiger partial charge in [0.1, 0.15) is 11.8 Å². The number of carbonyl (C=O) groups is 2. The molecule has 0 heterocycles. The van der Waals surface area contributed by atoms with Crippen LogP contribution in [0.3, 0.4) is 0 Å². The molecule has 0 saturated carbocycles. The van der Waals surface area contributed by atoms with E-state index in [1.54, 1.807) is 18.2 Å². The Kier molecular flexibility index (Phi) is 6.02. The van der Waals surface area contributed by atoms with Gasteiger partial charge in [-0.25, -0.2) is 4.79 Å². The summed E-state index contributed by atoms with van der Waals surface area (Å²) in [5.41, 5.74) is 6.42. The number of carbonyl (C=O) groups excluding carboxylic acids is 2. The third kappa shape index (κ3) is 4.11. The van der Waals surface area contributed by atoms with Gasteiger partial charge in [-0.15, -0.1) is 0 Å². The predicted molar refractivity (Wildman–Crippen MR) is 80.1 cm³/mol. The lowest BCUT2D eigenvalue weighted by atomic mass is 9.98. The predicted octanol–water partition coefficient (Wildman–Crippen LogP) is 1.59. The summed E-state index contributed by atoms with van der Waals surface area (Å²) in [5.74, 6) is -0.355. The summed E-state index contributed by atoms with van der Waals surface area (Å²) in [5, 5.41) is 2.68. The highest BCUT2D eigenvalue weighted by Gasteiger charge is 2.27. The molecule has 0 radical (unpaired) electrons. The van der Waals surface area contributed by atoms with Gasteiger partial charge in [-0.1, -0.05) is 20.3 Å². The topological polar surface area (TPSA) is 90.6 Å². The van der Waals surface area contributed by atoms with E-state index >= 15 is 0 Å². The summed E-state index contributed by atoms with van der Waals surface area (Å²) in [6.45, 7) is 3.81. The molecule has 0 aromatic heterocycles. The smallest absolute Gasteiger partial charge is 0.328 e. The van der Waals surface area contributed by atoms with E-state index in [1.165, 1.54) is 14.2 Å². The quantitative estimate of drug-likeness (QED) is 0.614. The first-order valence-electron chi connectivity index (χ1n) is 6.76. The number of methoxy groups -OCH3 is 2. The van der Waals surface area contributed by atoms with Crippen molar-refractivity contribution in [2.45, 2.75) is 26.3 Å². The molecule has 0 fully saturated rings. The lowest BCUT2D eigenvalue weighted by Crippen LogP contribution is -2.45. The molecule has 6 heteroatoms. The van der Waals surface area contributed by atoms with Crippen molar-refractivity contribution in [3.63, 3.8) is 0 Å². The maximum Gasteiger partial charge on any atom is 0.328 e. The zero-order chi connectivity index (χ0) is 16.0. The Labute approximate surface area is 124 Å². The zero-order valence-electron chi connectivity index (χ0n) is 12.8. The van der Waals surface area contributed by atoms with Crippen LogP contribution in [0.4, 0.5) is 5.69 Å². The van der Waals surface area contributed by atoms with E-state index in [4.69, 9.17) is 15.2 Å². The molecule has 0 aliphatic rings. The van der Waals surface area contributed by atoms with Crippen molar-refractivity contribution in [1.29, 1.82) is 0 Å². The van der Waals surface area contributed by atoms with E-state index in [0.717, 1.165) is 6.42 Å². The highest BCUT2D eigenvalue weighted by Crippen LogP contribution is 2.20. The van der Waals surface area contributed by atoms with Crippen LogP contribution in [0.15, 0.2) is 18.2 Å². The molecular weight excluding hydrogens is 272 g/mol. The van der Waals surface area contributed by atoms with Crippen LogP contribution in [0.1, 0.15) is 30.6 Å². The third-order valence-electron chi connectivity index (χ3n) is 3.46. The summed E-state index contributed by atoms with van der Waals surface area (Å²) in [6, 6.07) is 4.07. The molecule has 1 rings (SSSR count). The molecule has 2 atom stereocenters. The first kappa shape index (κ1) is 16.8. The van der Waals surface area contributed by atoms with Crippen molar-refractivity contribution < 1.29 is 19.1 Å². The van der Waals surface area contributed by atoms with Crippen molar-refractivity contribution in [2.75, 3.05) is 20.0 Å². The molecule has 0 aliphatic carbocycles. The molecule has 3 N–H and O–H groups in total. The Morgan fingerprint density at radius 1 is 1.33 bits per heavy atom. The maximum atomic E-state index is 12.3. The van der Waals surface area contributed by atoms with Crippen molar-refractivity contribution in [3.05, 3.63) is 23.8 Å². The minimum atomic E-state index is -0.700. The minimum Gasteiger partial charge on any atom is -0.497 e. The van der Waals surface area contributed by atoms with Gasteiger partial charge in [0.05, 0.1) is 19.8 Å². The minimum absolute atomic E-state index is 0.0409. The largest absolute Gasteiger partial charge is 0.497 e. The molecule has 0 spiro atoms. The van der Waals surface area contributed by atoms with Crippen LogP contribution in [0.25, 0.3) is 0 Å². The Morgan fingerprint density at radius 3 is 2.48 bits per heavy atom. The highest BCUT2D eigenvalue weighted by molar-refractivity contribution is 6.01. The van der Waals surface area contributed by atoms with Crippen LogP contribution >= 0.6 is 0 Å². The third-order valence-corrected chi connectivity index (χ3v) is 3.46. The number of ether oxygens (including phenoxy) is 2. The van der Waals surface area contributed by atoms with Gasteiger partial charge < -0.3 is 20.5 Å². The molecule has 1 aromatic rings. The second-order valence-electron chi connectivity index (χ2n) is 4.81. The number of hydrogen-bond acceptors (Lipinski definition) is 5. The van der Waals surface area contributed by atoms with Gasteiger partial charge in [-0.2, -0.15) is 0 Å². The number of benzene rings is 1. The average Bonchev–Trinajstić information content (AvgIpc) is 2.50. The number of anilines is 1. The van der Waals surface area contributed by atoms with Gasteiger partial charge in [-0.3, -0.25) is 4.79 Å². The summed E-state index contributed by atoms with van der Waals surface area (Å²) >= 11 is 0. The molecule has 21 heavy (non-hydrogen) atoms. The number of amides is 1. The van der Waals surface area contributed by atoms with Crippen molar-refractivity contribution >= 4 is 17.6 Å². The SMILES string of the molecule is CCC(C)C(NC(=O)c1ccc(OC)cc1N)C(=O)OC. The molecule has 6 nitrogen and oxygen atoms in total. The standard InChI is InChI=1S/C15H22N2O4/c1-5-9(2)13(15(19)21-4)17-14(18)11-7-6-10(20-3)8-12(11)16/h6-9,13H,5,16H2,1-4H3,(H,17,18). The van der Waals surface area contributed by atoms with Gasteiger partial charge >= 0.3 is 5.97 Å². The van der Waals surface area contributed by atoms with E-state index in [-0.39, 0.29) is 5.92 Å². The Morgan fingerprint density at radius 2 is 2.00 bits per heavy atom. The van der Waals surface area contributed by atoms with Crippen molar-refractivity contribution in [3.8, 4) is 5.75 Å². The molecular formula is C15H22N2O4. The molecule has 1 amide bonds. The van der Waals surface area contributed by atoms with Gasteiger partial charge in [-0.05, 0) is 18.1 Å². The second kappa shape index (κ2) is 7.52. The molecule has 0 aliphatic heterocycles. The summed E-state index contributed by atoms with van der Waals surface area (Å²) in [7, 11) is 2.82. The number of nitrogens with two attached hydrogens (primary N) is 1. The second-order valence-corrected chi connectivity index (χ2v) is 4.81. The van der Waals surface area contributed by atoms with E-state index in [9.17, 15) is 9.59 Å². The van der Waals surface area contributed by atoms with Crippen molar-refractivity contribution in [1.82, 2.24) is 5.32 Å². The van der Waals surface area contributed by atoms with E-state index in [2.05, 4.69) is 5.32 Å². The van der Waals surface area contributed by atoms with Crippen LogP contribution in [0, 0.1) is 5.92 Å². The Bertz CT molecular complexity index is 516. The number of rotatable bonds is 6. The zero-order valence-corrected chi connectivity index (χ0v) is 12.8. The lowest BCUT2D eigenvalue weighted by Gasteiger charge is -2.22. The fraction of sp³-hybridized carbons (Fsp3) is 0.467. The Hall–Kier alpha value is -2.24. The lowest BCUT2D eigenvalue weighted by molar-refractivity contribution is -0.144. The molecule has 0 saturated heterocycles. The van der Waals surface area contributed by atoms with Gasteiger partial charge in [0.2, 0.25) is 0 Å². The molecule has 0 bridgehead atoms. The monoisotopic (exact) mass is 294 g/mol. The Balaban J connectivity index is 2.94. The van der Waals surface area contributed by atoms with Crippen molar-refractivity contribution in [2.24, 2.45) is 5.92 Å². The maximum absolute atomic E-state index is 12.3. The summed E-state index contributed by atoms with van der Waals surface area (Å²) < 4.78 is 9.77. The number of nitrogens with one attached hydrogen (secondary N) is 1. The first-order chi connectivity index (χ1) is 9.94. The van der Waals surface area contributed by atoms with Gasteiger partial charge in [0.15, 0.2) is 0 Å². The fourth-order valence-corrected chi connectivity index (χ4v) is 1.89. The highest BCUT2D eigenvalue weighted by atomic mass is 16.5. The molecule has 1 aromatic carbocycles.